The Balaban J connectivity index is 0.000000223. The molecule has 0 saturated heterocycles. The molecule has 4 rings (SSSR count). The lowest BCUT2D eigenvalue weighted by Crippen LogP contribution is -2.24. The highest BCUT2D eigenvalue weighted by Crippen LogP contribution is 2.24. The predicted octanol–water partition coefficient (Wildman–Crippen LogP) is 4.12. The van der Waals surface area contributed by atoms with E-state index >= 15 is 0 Å². The van der Waals surface area contributed by atoms with Crippen molar-refractivity contribution >= 4 is 75.7 Å². The number of hydrogen-bond acceptors (Lipinski definition) is 14. The molecule has 0 fully saturated rings. The number of thiazole rings is 2. The third kappa shape index (κ3) is 11.5. The minimum absolute atomic E-state index is 0.0993. The number of nitrogens with one attached hydrogen (secondary N) is 1. The van der Waals surface area contributed by atoms with Crippen LogP contribution >= 0.6 is 38.6 Å². The lowest BCUT2D eigenvalue weighted by atomic mass is 10.3. The van der Waals surface area contributed by atoms with Crippen molar-refractivity contribution in [2.24, 2.45) is 0 Å². The highest BCUT2D eigenvalue weighted by Gasteiger charge is 2.08. The molecule has 4 N–H and O–H groups in total. The predicted molar refractivity (Wildman–Crippen MR) is 169 cm³/mol. The smallest absolute Gasteiger partial charge is 0.535 e. The zero-order chi connectivity index (χ0) is 30.2. The maximum atomic E-state index is 10.5. The van der Waals surface area contributed by atoms with E-state index in [2.05, 4.69) is 69.9 Å². The van der Waals surface area contributed by atoms with Crippen LogP contribution in [0.4, 0.5) is 23.5 Å². The van der Waals surface area contributed by atoms with Gasteiger partial charge in [0.2, 0.25) is 17.8 Å². The van der Waals surface area contributed by atoms with Crippen molar-refractivity contribution in [1.82, 2.24) is 29.9 Å². The van der Waals surface area contributed by atoms with Gasteiger partial charge in [-0.2, -0.15) is 0 Å². The van der Waals surface area contributed by atoms with Gasteiger partial charge in [-0.1, -0.05) is 0 Å². The zero-order valence-electron chi connectivity index (χ0n) is 23.5. The molecule has 4 heterocycles. The molecule has 17 heteroatoms. The van der Waals surface area contributed by atoms with E-state index in [-0.39, 0.29) is 5.91 Å². The number of hydrogen-bond donors (Lipinski definition) is 3. The number of aromatic nitrogens is 6. The van der Waals surface area contributed by atoms with Crippen LogP contribution in [0.25, 0.3) is 10.6 Å². The molecule has 13 nitrogen and oxygen atoms in total. The van der Waals surface area contributed by atoms with E-state index in [1.807, 2.05) is 24.1 Å². The quantitative estimate of drug-likeness (QED) is 0.208. The van der Waals surface area contributed by atoms with Gasteiger partial charge in [0.25, 0.3) is 0 Å². The summed E-state index contributed by atoms with van der Waals surface area (Å²) >= 11 is 6.11. The summed E-state index contributed by atoms with van der Waals surface area (Å²) in [7, 11) is 0.607. The first kappa shape index (κ1) is 33.8. The Morgan fingerprint density at radius 1 is 0.951 bits per heavy atom. The molecule has 219 valence electrons. The van der Waals surface area contributed by atoms with E-state index in [9.17, 15) is 4.79 Å². The Morgan fingerprint density at radius 2 is 1.49 bits per heavy atom. The first-order valence-electron chi connectivity index (χ1n) is 12.6. The first-order valence-corrected chi connectivity index (χ1v) is 15.2. The van der Waals surface area contributed by atoms with Crippen LogP contribution in [0, 0.1) is 0 Å². The molecule has 0 aliphatic heterocycles. The molecule has 0 aliphatic carbocycles. The summed E-state index contributed by atoms with van der Waals surface area (Å²) in [6, 6.07) is 0. The molecule has 1 amide bonds. The SMILES string of the molecule is CC(=O)Nc1csc(Br)n1.CCN(CC)c1ncc(-c2nc(N)cs2)cn1.CCN(CC)c1ncc(O[B]O)cn1. The van der Waals surface area contributed by atoms with Crippen molar-refractivity contribution < 1.29 is 14.5 Å². The molecule has 0 aliphatic rings. The maximum absolute atomic E-state index is 10.5. The van der Waals surface area contributed by atoms with Crippen LogP contribution in [0.15, 0.2) is 39.5 Å². The average Bonchev–Trinajstić information content (AvgIpc) is 3.59. The second-order valence-corrected chi connectivity index (χ2v) is 10.8. The van der Waals surface area contributed by atoms with Crippen molar-refractivity contribution in [2.45, 2.75) is 34.6 Å². The summed E-state index contributed by atoms with van der Waals surface area (Å²) in [6.07, 6.45) is 6.62. The number of amides is 1. The highest BCUT2D eigenvalue weighted by molar-refractivity contribution is 9.11. The van der Waals surface area contributed by atoms with E-state index in [1.165, 1.54) is 42.0 Å². The Kier molecular flexibility index (Phi) is 14.9. The number of halogens is 1. The monoisotopic (exact) mass is 663 g/mol. The maximum Gasteiger partial charge on any atom is 0.569 e. The summed E-state index contributed by atoms with van der Waals surface area (Å²) in [5.41, 5.74) is 6.49. The molecule has 0 spiro atoms. The fraction of sp³-hybridized carbons (Fsp3) is 0.375. The third-order valence-corrected chi connectivity index (χ3v) is 7.36. The summed E-state index contributed by atoms with van der Waals surface area (Å²) in [6.45, 7) is 13.2. The van der Waals surface area contributed by atoms with Crippen LogP contribution in [-0.4, -0.2) is 74.7 Å². The molecule has 1 radical (unpaired) electrons. The number of rotatable bonds is 10. The largest absolute Gasteiger partial charge is 0.569 e. The van der Waals surface area contributed by atoms with Gasteiger partial charge in [0.1, 0.15) is 22.4 Å². The second kappa shape index (κ2) is 18.1. The number of nitrogens with two attached hydrogens (primary N) is 1. The van der Waals surface area contributed by atoms with Crippen molar-refractivity contribution in [3.63, 3.8) is 0 Å². The molecule has 41 heavy (non-hydrogen) atoms. The normalized spacial score (nSPS) is 9.93. The van der Waals surface area contributed by atoms with Crippen LogP contribution < -0.4 is 25.5 Å². The van der Waals surface area contributed by atoms with Gasteiger partial charge in [-0.25, -0.2) is 29.9 Å². The first-order chi connectivity index (χ1) is 19.7. The van der Waals surface area contributed by atoms with Crippen LogP contribution in [0.2, 0.25) is 0 Å². The topological polar surface area (TPSA) is 168 Å². The minimum Gasteiger partial charge on any atom is -0.535 e. The molecule has 0 saturated carbocycles. The summed E-state index contributed by atoms with van der Waals surface area (Å²) in [5, 5.41) is 15.4. The summed E-state index contributed by atoms with van der Waals surface area (Å²) < 4.78 is 5.47. The van der Waals surface area contributed by atoms with Gasteiger partial charge in [0.05, 0.1) is 12.4 Å². The molecular formula is C24H33BBrN10O3S2. The highest BCUT2D eigenvalue weighted by atomic mass is 79.9. The minimum atomic E-state index is -0.0993. The van der Waals surface area contributed by atoms with E-state index in [0.717, 1.165) is 46.6 Å². The molecule has 0 aromatic carbocycles. The molecule has 0 atom stereocenters. The van der Waals surface area contributed by atoms with Gasteiger partial charge in [-0.05, 0) is 43.6 Å². The summed E-state index contributed by atoms with van der Waals surface area (Å²) in [5.74, 6) is 2.88. The zero-order valence-corrected chi connectivity index (χ0v) is 26.7. The van der Waals surface area contributed by atoms with Crippen molar-refractivity contribution in [3.8, 4) is 16.3 Å². The summed E-state index contributed by atoms with van der Waals surface area (Å²) in [4.78, 5) is 39.6. The Morgan fingerprint density at radius 3 is 1.88 bits per heavy atom. The van der Waals surface area contributed by atoms with Crippen molar-refractivity contribution in [1.29, 1.82) is 0 Å². The molecular weight excluding hydrogens is 631 g/mol. The number of anilines is 4. The number of carbonyl (C=O) groups excluding carboxylic acids is 1. The standard InChI is InChI=1S/C11H15N5S.C8H13BN3O2.C5H5BrN2OS/c1-3-16(4-2)11-13-5-8(6-14-11)10-15-9(12)7-17-10;1-3-12(4-2)8-10-5-7(6-11-8)14-9-13;1-3(9)7-4-2-10-5(6)8-4/h5-7H,3-4,12H2,1-2H3;5-6,13H,3-4H2,1-2H3;2H,1H3,(H,7,9). The lowest BCUT2D eigenvalue weighted by molar-refractivity contribution is -0.114. The Labute approximate surface area is 256 Å². The van der Waals surface area contributed by atoms with Crippen LogP contribution in [0.1, 0.15) is 34.6 Å². The van der Waals surface area contributed by atoms with E-state index in [0.29, 0.717) is 31.0 Å². The van der Waals surface area contributed by atoms with Gasteiger partial charge < -0.3 is 30.5 Å². The number of nitrogen functional groups attached to an aromatic ring is 1. The van der Waals surface area contributed by atoms with E-state index in [1.54, 1.807) is 17.8 Å². The Bertz CT molecular complexity index is 1300. The van der Waals surface area contributed by atoms with Gasteiger partial charge in [0, 0.05) is 61.8 Å². The fourth-order valence-electron chi connectivity index (χ4n) is 3.11. The molecule has 4 aromatic heterocycles. The lowest BCUT2D eigenvalue weighted by Gasteiger charge is -2.17. The second-order valence-electron chi connectivity index (χ2n) is 7.80. The number of nitrogens with zero attached hydrogens (tertiary/aromatic N) is 8. The average molecular weight is 664 g/mol. The molecule has 0 unspecified atom stereocenters. The van der Waals surface area contributed by atoms with Crippen molar-refractivity contribution in [2.75, 3.05) is 47.0 Å². The van der Waals surface area contributed by atoms with Crippen LogP contribution in [-0.2, 0) is 4.79 Å². The van der Waals surface area contributed by atoms with Gasteiger partial charge in [0.15, 0.2) is 3.92 Å². The van der Waals surface area contributed by atoms with Gasteiger partial charge >= 0.3 is 7.69 Å². The Hall–Kier alpha value is -3.41. The number of carbonyl (C=O) groups is 1. The van der Waals surface area contributed by atoms with E-state index < -0.39 is 0 Å². The molecule has 0 bridgehead atoms. The van der Waals surface area contributed by atoms with E-state index in [4.69, 9.17) is 15.4 Å². The van der Waals surface area contributed by atoms with Crippen LogP contribution in [0.5, 0.6) is 5.75 Å². The van der Waals surface area contributed by atoms with Gasteiger partial charge in [-0.3, -0.25) is 4.79 Å². The third-order valence-electron chi connectivity index (χ3n) is 5.08. The van der Waals surface area contributed by atoms with Gasteiger partial charge in [-0.15, -0.1) is 22.7 Å². The fourth-order valence-corrected chi connectivity index (χ4v) is 4.74. The van der Waals surface area contributed by atoms with Crippen molar-refractivity contribution in [3.05, 3.63) is 39.5 Å². The van der Waals surface area contributed by atoms with Crippen LogP contribution in [0.3, 0.4) is 0 Å². The molecule has 4 aromatic rings.